The van der Waals surface area contributed by atoms with Gasteiger partial charge in [0.15, 0.2) is 11.5 Å². The molecule has 2 heterocycles. The summed E-state index contributed by atoms with van der Waals surface area (Å²) >= 11 is 0. The first-order valence-electron chi connectivity index (χ1n) is 11.6. The van der Waals surface area contributed by atoms with E-state index < -0.39 is 5.60 Å². The molecule has 2 fully saturated rings. The SMILES string of the molecule is COc1cc2nc(N3C[C@H]4CCC[C@](O)(c5ccccc5)[C@H]4C3)cc(C)c2cc1OC.O=CO. The van der Waals surface area contributed by atoms with Gasteiger partial charge in [-0.2, -0.15) is 0 Å². The number of aryl methyl sites for hydroxylation is 1. The summed E-state index contributed by atoms with van der Waals surface area (Å²) in [7, 11) is 3.30. The lowest BCUT2D eigenvalue weighted by atomic mass is 9.67. The van der Waals surface area contributed by atoms with E-state index in [1.54, 1.807) is 14.2 Å². The molecule has 1 saturated heterocycles. The molecule has 0 bridgehead atoms. The second-order valence-corrected chi connectivity index (χ2v) is 9.08. The lowest BCUT2D eigenvalue weighted by molar-refractivity contribution is -0.122. The average Bonchev–Trinajstić information content (AvgIpc) is 3.30. The molecule has 1 aliphatic heterocycles. The van der Waals surface area contributed by atoms with E-state index in [-0.39, 0.29) is 12.4 Å². The molecule has 3 aromatic rings. The molecular weight excluding hydrogens is 432 g/mol. The van der Waals surface area contributed by atoms with E-state index in [2.05, 4.69) is 30.0 Å². The number of hydrogen-bond acceptors (Lipinski definition) is 6. The van der Waals surface area contributed by atoms with E-state index in [1.807, 2.05) is 30.3 Å². The highest BCUT2D eigenvalue weighted by Crippen LogP contribution is 2.49. The molecule has 1 aliphatic carbocycles. The number of aliphatic hydroxyl groups is 1. The predicted octanol–water partition coefficient (Wildman–Crippen LogP) is 4.39. The van der Waals surface area contributed by atoms with Gasteiger partial charge in [-0.25, -0.2) is 4.98 Å². The van der Waals surface area contributed by atoms with Crippen molar-refractivity contribution in [3.63, 3.8) is 0 Å². The Labute approximate surface area is 200 Å². The van der Waals surface area contributed by atoms with Gasteiger partial charge in [-0.15, -0.1) is 0 Å². The van der Waals surface area contributed by atoms with Crippen molar-refractivity contribution < 1.29 is 24.5 Å². The van der Waals surface area contributed by atoms with E-state index in [9.17, 15) is 5.11 Å². The molecule has 34 heavy (non-hydrogen) atoms. The van der Waals surface area contributed by atoms with Gasteiger partial charge in [-0.05, 0) is 55.4 Å². The lowest BCUT2D eigenvalue weighted by Crippen LogP contribution is -2.42. The van der Waals surface area contributed by atoms with Crippen LogP contribution in [0.3, 0.4) is 0 Å². The molecule has 7 heteroatoms. The Hall–Kier alpha value is -3.32. The van der Waals surface area contributed by atoms with Gasteiger partial charge in [-0.3, -0.25) is 4.79 Å². The number of pyridine rings is 1. The van der Waals surface area contributed by atoms with Crippen LogP contribution in [0, 0.1) is 18.8 Å². The van der Waals surface area contributed by atoms with Gasteiger partial charge in [0.1, 0.15) is 5.82 Å². The van der Waals surface area contributed by atoms with Crippen molar-refractivity contribution in [3.8, 4) is 11.5 Å². The van der Waals surface area contributed by atoms with Crippen LogP contribution in [-0.4, -0.2) is 49.0 Å². The summed E-state index contributed by atoms with van der Waals surface area (Å²) in [6.45, 7) is 3.62. The first kappa shape index (κ1) is 23.8. The van der Waals surface area contributed by atoms with Gasteiger partial charge in [-0.1, -0.05) is 30.3 Å². The number of aromatic nitrogens is 1. The highest BCUT2D eigenvalue weighted by atomic mass is 16.5. The summed E-state index contributed by atoms with van der Waals surface area (Å²) in [6.07, 6.45) is 3.04. The van der Waals surface area contributed by atoms with Crippen LogP contribution >= 0.6 is 0 Å². The molecule has 0 radical (unpaired) electrons. The Bertz CT molecular complexity index is 1150. The van der Waals surface area contributed by atoms with Crippen molar-refractivity contribution in [1.82, 2.24) is 4.98 Å². The van der Waals surface area contributed by atoms with Crippen LogP contribution < -0.4 is 14.4 Å². The highest BCUT2D eigenvalue weighted by molar-refractivity contribution is 5.87. The van der Waals surface area contributed by atoms with Crippen LogP contribution in [-0.2, 0) is 10.4 Å². The molecule has 0 spiro atoms. The summed E-state index contributed by atoms with van der Waals surface area (Å²) < 4.78 is 11.0. The van der Waals surface area contributed by atoms with Gasteiger partial charge >= 0.3 is 0 Å². The zero-order chi connectivity index (χ0) is 24.3. The standard InChI is InChI=1S/C26H30N2O3.CH2O2/c1-17-12-25(27-22-14-24(31-3)23(30-2)13-20(17)22)28-15-18-8-7-11-26(29,21(18)16-28)19-9-5-4-6-10-19;2-1-3/h4-6,9-10,12-14,18,21,29H,7-8,11,15-16H2,1-3H3;1H,(H,2,3)/t18-,21+,26+;/m1./s1. The number of carbonyl (C=O) groups is 1. The van der Waals surface area contributed by atoms with Gasteiger partial charge in [0, 0.05) is 30.5 Å². The minimum absolute atomic E-state index is 0.215. The molecule has 2 aliphatic rings. The van der Waals surface area contributed by atoms with Crippen molar-refractivity contribution in [1.29, 1.82) is 0 Å². The second kappa shape index (κ2) is 9.89. The third-order valence-electron chi connectivity index (χ3n) is 7.29. The van der Waals surface area contributed by atoms with Gasteiger partial charge in [0.2, 0.25) is 0 Å². The maximum atomic E-state index is 11.8. The molecule has 0 unspecified atom stereocenters. The smallest absolute Gasteiger partial charge is 0.290 e. The third kappa shape index (κ3) is 4.28. The second-order valence-electron chi connectivity index (χ2n) is 9.08. The average molecular weight is 465 g/mol. The number of benzene rings is 2. The number of rotatable bonds is 4. The summed E-state index contributed by atoms with van der Waals surface area (Å²) in [5.41, 5.74) is 2.35. The maximum absolute atomic E-state index is 11.8. The monoisotopic (exact) mass is 464 g/mol. The van der Waals surface area contributed by atoms with Crippen LogP contribution in [0.5, 0.6) is 11.5 Å². The van der Waals surface area contributed by atoms with Crippen LogP contribution in [0.4, 0.5) is 5.82 Å². The maximum Gasteiger partial charge on any atom is 0.290 e. The minimum Gasteiger partial charge on any atom is -0.493 e. The van der Waals surface area contributed by atoms with Crippen LogP contribution in [0.1, 0.15) is 30.4 Å². The minimum atomic E-state index is -0.762. The van der Waals surface area contributed by atoms with Crippen molar-refractivity contribution in [2.45, 2.75) is 31.8 Å². The number of anilines is 1. The number of ether oxygens (including phenoxy) is 2. The Morgan fingerprint density at radius 3 is 2.44 bits per heavy atom. The predicted molar refractivity (Wildman–Crippen MR) is 132 cm³/mol. The molecule has 2 N–H and O–H groups in total. The van der Waals surface area contributed by atoms with E-state index in [0.29, 0.717) is 17.4 Å². The summed E-state index contributed by atoms with van der Waals surface area (Å²) in [4.78, 5) is 15.7. The van der Waals surface area contributed by atoms with Crippen molar-refractivity contribution in [3.05, 3.63) is 59.7 Å². The molecule has 0 amide bonds. The highest BCUT2D eigenvalue weighted by Gasteiger charge is 2.49. The zero-order valence-corrected chi connectivity index (χ0v) is 19.9. The van der Waals surface area contributed by atoms with E-state index in [1.165, 1.54) is 0 Å². The Morgan fingerprint density at radius 1 is 1.09 bits per heavy atom. The zero-order valence-electron chi connectivity index (χ0n) is 19.9. The molecule has 1 saturated carbocycles. The van der Waals surface area contributed by atoms with Gasteiger partial charge in [0.05, 0.1) is 25.3 Å². The molecule has 180 valence electrons. The summed E-state index contributed by atoms with van der Waals surface area (Å²) in [6, 6.07) is 16.3. The fourth-order valence-corrected chi connectivity index (χ4v) is 5.66. The van der Waals surface area contributed by atoms with E-state index in [0.717, 1.165) is 60.2 Å². The molecule has 5 rings (SSSR count). The third-order valence-corrected chi connectivity index (χ3v) is 7.29. The Balaban J connectivity index is 0.000000868. The molecule has 3 atom stereocenters. The number of fused-ring (bicyclic) bond motifs is 2. The van der Waals surface area contributed by atoms with Crippen LogP contribution in [0.25, 0.3) is 10.9 Å². The summed E-state index contributed by atoms with van der Waals surface area (Å²) in [5, 5.41) is 19.7. The van der Waals surface area contributed by atoms with Crippen molar-refractivity contribution in [2.75, 3.05) is 32.2 Å². The first-order valence-corrected chi connectivity index (χ1v) is 11.6. The summed E-state index contributed by atoms with van der Waals surface area (Å²) in [5.74, 6) is 3.07. The largest absolute Gasteiger partial charge is 0.493 e. The number of carboxylic acid groups (broad SMARTS) is 1. The molecular formula is C27H32N2O5. The van der Waals surface area contributed by atoms with E-state index >= 15 is 0 Å². The Morgan fingerprint density at radius 2 is 1.76 bits per heavy atom. The number of methoxy groups -OCH3 is 2. The van der Waals surface area contributed by atoms with Crippen LogP contribution in [0.2, 0.25) is 0 Å². The number of hydrogen-bond donors (Lipinski definition) is 2. The van der Waals surface area contributed by atoms with Gasteiger partial charge in [0.25, 0.3) is 6.47 Å². The van der Waals surface area contributed by atoms with Crippen LogP contribution in [0.15, 0.2) is 48.5 Å². The van der Waals surface area contributed by atoms with E-state index in [4.69, 9.17) is 24.4 Å². The van der Waals surface area contributed by atoms with Gasteiger partial charge < -0.3 is 24.6 Å². The Kier molecular flexibility index (Phi) is 6.93. The van der Waals surface area contributed by atoms with Crippen molar-refractivity contribution in [2.24, 2.45) is 11.8 Å². The normalized spacial score (nSPS) is 23.6. The quantitative estimate of drug-likeness (QED) is 0.554. The first-order chi connectivity index (χ1) is 16.4. The van der Waals surface area contributed by atoms with Crippen molar-refractivity contribution >= 4 is 23.2 Å². The molecule has 1 aromatic heterocycles. The fraction of sp³-hybridized carbons (Fsp3) is 0.407. The fourth-order valence-electron chi connectivity index (χ4n) is 5.66. The topological polar surface area (TPSA) is 92.1 Å². The molecule has 7 nitrogen and oxygen atoms in total. The lowest BCUT2D eigenvalue weighted by Gasteiger charge is -2.41. The molecule has 2 aromatic carbocycles. The number of nitrogens with zero attached hydrogens (tertiary/aromatic N) is 2.